The smallest absolute Gasteiger partial charge is 0.227 e. The summed E-state index contributed by atoms with van der Waals surface area (Å²) in [5, 5.41) is 11.3. The van der Waals surface area contributed by atoms with Gasteiger partial charge in [0.25, 0.3) is 0 Å². The van der Waals surface area contributed by atoms with Gasteiger partial charge in [-0.15, -0.1) is 0 Å². The first-order valence-corrected chi connectivity index (χ1v) is 11.1. The third-order valence-corrected chi connectivity index (χ3v) is 4.86. The van der Waals surface area contributed by atoms with Gasteiger partial charge in [0, 0.05) is 28.9 Å². The van der Waals surface area contributed by atoms with Crippen molar-refractivity contribution in [2.24, 2.45) is 5.92 Å². The lowest BCUT2D eigenvalue weighted by atomic mass is 10.2. The molecule has 2 aromatic carbocycles. The van der Waals surface area contributed by atoms with E-state index in [1.165, 1.54) is 0 Å². The summed E-state index contributed by atoms with van der Waals surface area (Å²) >= 11 is 0. The highest BCUT2D eigenvalue weighted by molar-refractivity contribution is 5.94. The van der Waals surface area contributed by atoms with E-state index in [-0.39, 0.29) is 11.8 Å². The van der Waals surface area contributed by atoms with Gasteiger partial charge in [-0.05, 0) is 55.7 Å². The molecular formula is C27H30N4O. The lowest BCUT2D eigenvalue weighted by molar-refractivity contribution is -0.117. The molecule has 5 nitrogen and oxygen atoms in total. The Bertz CT molecular complexity index is 1140. The Morgan fingerprint density at radius 1 is 0.969 bits per heavy atom. The zero-order chi connectivity index (χ0) is 22.8. The van der Waals surface area contributed by atoms with Gasteiger partial charge in [-0.1, -0.05) is 62.4 Å². The number of hydrogen-bond donors (Lipinski definition) is 2. The van der Waals surface area contributed by atoms with Crippen LogP contribution >= 0.6 is 0 Å². The summed E-state index contributed by atoms with van der Waals surface area (Å²) in [6.45, 7) is 5.98. The first kappa shape index (κ1) is 22.9. The van der Waals surface area contributed by atoms with E-state index >= 15 is 0 Å². The van der Waals surface area contributed by atoms with E-state index in [1.54, 1.807) is 0 Å². The van der Waals surface area contributed by atoms with Crippen molar-refractivity contribution in [2.45, 2.75) is 33.6 Å². The SMILES string of the molecule is CC.Cc1ccc(/C=C/c2n[nH]c3ccccc23)cn1.O=C(Nc1ccccc1)C1CC1. The van der Waals surface area contributed by atoms with Crippen molar-refractivity contribution >= 4 is 34.6 Å². The normalized spacial score (nSPS) is 12.5. The van der Waals surface area contributed by atoms with Gasteiger partial charge >= 0.3 is 0 Å². The molecule has 5 rings (SSSR count). The van der Waals surface area contributed by atoms with Crippen LogP contribution in [0.3, 0.4) is 0 Å². The van der Waals surface area contributed by atoms with Crippen molar-refractivity contribution in [1.29, 1.82) is 0 Å². The van der Waals surface area contributed by atoms with Crippen LogP contribution in [0.5, 0.6) is 0 Å². The molecule has 0 saturated heterocycles. The van der Waals surface area contributed by atoms with Gasteiger partial charge in [0.1, 0.15) is 0 Å². The minimum absolute atomic E-state index is 0.168. The molecular weight excluding hydrogens is 396 g/mol. The van der Waals surface area contributed by atoms with Gasteiger partial charge < -0.3 is 5.32 Å². The van der Waals surface area contributed by atoms with Gasteiger partial charge in [-0.3, -0.25) is 14.9 Å². The molecule has 5 heteroatoms. The minimum Gasteiger partial charge on any atom is -0.326 e. The Morgan fingerprint density at radius 3 is 2.38 bits per heavy atom. The average molecular weight is 427 g/mol. The number of benzene rings is 2. The molecule has 1 amide bonds. The van der Waals surface area contributed by atoms with E-state index in [1.807, 2.05) is 99.8 Å². The Hall–Kier alpha value is -3.73. The predicted octanol–water partition coefficient (Wildman–Crippen LogP) is 6.50. The maximum atomic E-state index is 11.3. The highest BCUT2D eigenvalue weighted by Crippen LogP contribution is 2.30. The number of aromatic amines is 1. The monoisotopic (exact) mass is 426 g/mol. The van der Waals surface area contributed by atoms with E-state index in [0.717, 1.165) is 46.4 Å². The number of carbonyl (C=O) groups excluding carboxylic acids is 1. The number of amides is 1. The first-order chi connectivity index (χ1) is 15.7. The second-order valence-electron chi connectivity index (χ2n) is 7.35. The number of nitrogens with zero attached hydrogens (tertiary/aromatic N) is 2. The Morgan fingerprint density at radius 2 is 1.69 bits per heavy atom. The number of para-hydroxylation sites is 2. The summed E-state index contributed by atoms with van der Waals surface area (Å²) in [6, 6.07) is 21.7. The van der Waals surface area contributed by atoms with E-state index in [4.69, 9.17) is 0 Å². The Kier molecular flexibility index (Phi) is 8.32. The second-order valence-corrected chi connectivity index (χ2v) is 7.35. The predicted molar refractivity (Wildman–Crippen MR) is 133 cm³/mol. The summed E-state index contributed by atoms with van der Waals surface area (Å²) < 4.78 is 0. The van der Waals surface area contributed by atoms with Crippen LogP contribution in [0.4, 0.5) is 5.69 Å². The van der Waals surface area contributed by atoms with Crippen molar-refractivity contribution in [3.63, 3.8) is 0 Å². The number of pyridine rings is 1. The van der Waals surface area contributed by atoms with E-state index in [0.29, 0.717) is 0 Å². The van der Waals surface area contributed by atoms with E-state index in [2.05, 4.69) is 26.6 Å². The molecule has 1 aliphatic carbocycles. The maximum Gasteiger partial charge on any atom is 0.227 e. The van der Waals surface area contributed by atoms with Crippen LogP contribution in [0.15, 0.2) is 72.9 Å². The molecule has 4 aromatic rings. The lowest BCUT2D eigenvalue weighted by Crippen LogP contribution is -2.12. The number of aryl methyl sites for hydroxylation is 1. The number of carbonyl (C=O) groups is 1. The highest BCUT2D eigenvalue weighted by Gasteiger charge is 2.29. The van der Waals surface area contributed by atoms with Crippen LogP contribution in [0.2, 0.25) is 0 Å². The molecule has 0 radical (unpaired) electrons. The highest BCUT2D eigenvalue weighted by atomic mass is 16.2. The van der Waals surface area contributed by atoms with Crippen molar-refractivity contribution < 1.29 is 4.79 Å². The van der Waals surface area contributed by atoms with Gasteiger partial charge in [0.2, 0.25) is 5.91 Å². The maximum absolute atomic E-state index is 11.3. The van der Waals surface area contributed by atoms with Crippen molar-refractivity contribution in [1.82, 2.24) is 15.2 Å². The summed E-state index contributed by atoms with van der Waals surface area (Å²) in [4.78, 5) is 15.5. The molecule has 1 fully saturated rings. The van der Waals surface area contributed by atoms with E-state index < -0.39 is 0 Å². The third kappa shape index (κ3) is 6.64. The molecule has 0 spiro atoms. The van der Waals surface area contributed by atoms with Crippen molar-refractivity contribution in [3.05, 3.63) is 89.9 Å². The van der Waals surface area contributed by atoms with Crippen LogP contribution in [0, 0.1) is 12.8 Å². The van der Waals surface area contributed by atoms with Gasteiger partial charge in [0.05, 0.1) is 11.2 Å². The van der Waals surface area contributed by atoms with Gasteiger partial charge in [-0.2, -0.15) is 5.10 Å². The summed E-state index contributed by atoms with van der Waals surface area (Å²) in [7, 11) is 0. The van der Waals surface area contributed by atoms with Crippen molar-refractivity contribution in [2.75, 3.05) is 5.32 Å². The number of H-pyrrole nitrogens is 1. The molecule has 164 valence electrons. The lowest BCUT2D eigenvalue weighted by Gasteiger charge is -2.01. The van der Waals surface area contributed by atoms with Crippen molar-refractivity contribution in [3.8, 4) is 0 Å². The van der Waals surface area contributed by atoms with Crippen LogP contribution in [-0.4, -0.2) is 21.1 Å². The molecule has 2 N–H and O–H groups in total. The fourth-order valence-corrected chi connectivity index (χ4v) is 2.98. The molecule has 1 saturated carbocycles. The number of nitrogens with one attached hydrogen (secondary N) is 2. The quantitative estimate of drug-likeness (QED) is 0.391. The van der Waals surface area contributed by atoms with Crippen LogP contribution < -0.4 is 5.32 Å². The standard InChI is InChI=1S/C15H13N3.C10H11NO.C2H6/c1-11-6-7-12(10-16-11)8-9-15-13-4-2-3-5-14(13)17-18-15;12-10(8-6-7-8)11-9-4-2-1-3-5-9;1-2/h2-10H,1H3,(H,17,18);1-5,8H,6-7H2,(H,11,12);1-2H3/b9-8+;;. The zero-order valence-electron chi connectivity index (χ0n) is 18.9. The molecule has 2 aromatic heterocycles. The number of fused-ring (bicyclic) bond motifs is 1. The average Bonchev–Trinajstić information content (AvgIpc) is 3.62. The fourth-order valence-electron chi connectivity index (χ4n) is 2.98. The third-order valence-electron chi connectivity index (χ3n) is 4.86. The van der Waals surface area contributed by atoms with E-state index in [9.17, 15) is 4.79 Å². The summed E-state index contributed by atoms with van der Waals surface area (Å²) in [5.74, 6) is 0.450. The van der Waals surface area contributed by atoms with Gasteiger partial charge in [-0.25, -0.2) is 0 Å². The number of hydrogen-bond acceptors (Lipinski definition) is 3. The summed E-state index contributed by atoms with van der Waals surface area (Å²) in [6.07, 6.45) is 8.00. The van der Waals surface area contributed by atoms with Crippen LogP contribution in [0.25, 0.3) is 23.1 Å². The topological polar surface area (TPSA) is 70.7 Å². The molecule has 0 unspecified atom stereocenters. The number of aromatic nitrogens is 3. The summed E-state index contributed by atoms with van der Waals surface area (Å²) in [5.41, 5.74) is 5.00. The largest absolute Gasteiger partial charge is 0.326 e. The first-order valence-electron chi connectivity index (χ1n) is 11.1. The second kappa shape index (κ2) is 11.6. The molecule has 32 heavy (non-hydrogen) atoms. The van der Waals surface area contributed by atoms with Gasteiger partial charge in [0.15, 0.2) is 0 Å². The molecule has 0 atom stereocenters. The molecule has 0 bridgehead atoms. The molecule has 2 heterocycles. The Balaban J connectivity index is 0.000000180. The van der Waals surface area contributed by atoms with Crippen LogP contribution in [-0.2, 0) is 4.79 Å². The molecule has 0 aliphatic heterocycles. The minimum atomic E-state index is 0.168. The number of rotatable bonds is 4. The fraction of sp³-hybridized carbons (Fsp3) is 0.222. The number of anilines is 1. The zero-order valence-corrected chi connectivity index (χ0v) is 18.9. The molecule has 1 aliphatic rings. The van der Waals surface area contributed by atoms with Crippen LogP contribution in [0.1, 0.15) is 43.6 Å². The Labute approximate surface area is 189 Å².